The van der Waals surface area contributed by atoms with Crippen LogP contribution in [0.15, 0.2) is 41.1 Å². The summed E-state index contributed by atoms with van der Waals surface area (Å²) in [5.74, 6) is -0.345. The molecule has 0 aliphatic heterocycles. The van der Waals surface area contributed by atoms with Gasteiger partial charge in [0.2, 0.25) is 0 Å². The molecule has 6 nitrogen and oxygen atoms in total. The van der Waals surface area contributed by atoms with Crippen molar-refractivity contribution in [2.24, 2.45) is 0 Å². The van der Waals surface area contributed by atoms with Gasteiger partial charge in [0, 0.05) is 11.6 Å². The Morgan fingerprint density at radius 3 is 2.95 bits per heavy atom. The number of nitrogens with one attached hydrogen (secondary N) is 1. The lowest BCUT2D eigenvalue weighted by Gasteiger charge is -2.07. The van der Waals surface area contributed by atoms with Crippen LogP contribution in [-0.4, -0.2) is 21.0 Å². The van der Waals surface area contributed by atoms with Crippen molar-refractivity contribution in [3.8, 4) is 0 Å². The fourth-order valence-electron chi connectivity index (χ4n) is 1.92. The normalized spacial score (nSPS) is 10.7. The Morgan fingerprint density at radius 2 is 2.15 bits per heavy atom. The zero-order valence-electron chi connectivity index (χ0n) is 10.6. The van der Waals surface area contributed by atoms with E-state index in [1.165, 1.54) is 12.5 Å². The molecular weight excluding hydrogens is 258 g/mol. The number of fused-ring (bicyclic) bond motifs is 1. The second-order valence-electron chi connectivity index (χ2n) is 4.26. The molecule has 0 bridgehead atoms. The number of nitrogens with zero attached hydrogens (tertiary/aromatic N) is 2. The topological polar surface area (TPSA) is 88.2 Å². The zero-order valence-corrected chi connectivity index (χ0v) is 10.6. The summed E-state index contributed by atoms with van der Waals surface area (Å²) in [7, 11) is 0. The van der Waals surface area contributed by atoms with Crippen molar-refractivity contribution in [2.45, 2.75) is 6.92 Å². The third-order valence-corrected chi connectivity index (χ3v) is 2.87. The second-order valence-corrected chi connectivity index (χ2v) is 4.26. The Morgan fingerprint density at radius 1 is 1.35 bits per heavy atom. The summed E-state index contributed by atoms with van der Waals surface area (Å²) in [5.41, 5.74) is 1.40. The van der Waals surface area contributed by atoms with Crippen molar-refractivity contribution in [1.82, 2.24) is 9.97 Å². The molecule has 1 aromatic carbocycles. The lowest BCUT2D eigenvalue weighted by molar-refractivity contribution is 0.0697. The first-order chi connectivity index (χ1) is 9.65. The molecular formula is C14H11N3O3. The molecule has 0 aliphatic carbocycles. The molecule has 2 aromatic heterocycles. The molecule has 2 N–H and O–H groups in total. The number of benzene rings is 1. The summed E-state index contributed by atoms with van der Waals surface area (Å²) >= 11 is 0. The van der Waals surface area contributed by atoms with E-state index in [4.69, 9.17) is 9.52 Å². The maximum atomic E-state index is 11.2. The standard InChI is InChI=1S/C14H11N3O3/c1-8-15-6-10(14(18)19)13(16-8)17-11-7-20-12-5-3-2-4-9(11)12/h2-7H,1H3,(H,18,19)(H,15,16,17). The number of aryl methyl sites for hydroxylation is 1. The van der Waals surface area contributed by atoms with Crippen LogP contribution in [0.2, 0.25) is 0 Å². The number of aromatic nitrogens is 2. The molecule has 0 saturated carbocycles. The van der Waals surface area contributed by atoms with Crippen LogP contribution < -0.4 is 5.32 Å². The van der Waals surface area contributed by atoms with E-state index in [2.05, 4.69) is 15.3 Å². The quantitative estimate of drug-likeness (QED) is 0.760. The Kier molecular flexibility index (Phi) is 2.83. The fourth-order valence-corrected chi connectivity index (χ4v) is 1.92. The van der Waals surface area contributed by atoms with Crippen LogP contribution in [0.25, 0.3) is 11.0 Å². The molecule has 3 rings (SSSR count). The lowest BCUT2D eigenvalue weighted by atomic mass is 10.2. The van der Waals surface area contributed by atoms with Crippen LogP contribution in [0.3, 0.4) is 0 Å². The van der Waals surface area contributed by atoms with Crippen molar-refractivity contribution in [2.75, 3.05) is 5.32 Å². The number of aromatic carboxylic acids is 1. The Balaban J connectivity index is 2.07. The molecule has 0 unspecified atom stereocenters. The van der Waals surface area contributed by atoms with Crippen molar-refractivity contribution in [3.63, 3.8) is 0 Å². The molecule has 3 aromatic rings. The smallest absolute Gasteiger partial charge is 0.341 e. The van der Waals surface area contributed by atoms with Gasteiger partial charge in [0.25, 0.3) is 0 Å². The van der Waals surface area contributed by atoms with Crippen LogP contribution >= 0.6 is 0 Å². The number of hydrogen-bond acceptors (Lipinski definition) is 5. The van der Waals surface area contributed by atoms with Crippen molar-refractivity contribution in [1.29, 1.82) is 0 Å². The minimum Gasteiger partial charge on any atom is -0.477 e. The zero-order chi connectivity index (χ0) is 14.1. The summed E-state index contributed by atoms with van der Waals surface area (Å²) < 4.78 is 5.40. The molecule has 0 fully saturated rings. The van der Waals surface area contributed by atoms with Crippen molar-refractivity contribution >= 4 is 28.4 Å². The Labute approximate surface area is 114 Å². The van der Waals surface area contributed by atoms with Gasteiger partial charge in [-0.2, -0.15) is 0 Å². The van der Waals surface area contributed by atoms with Gasteiger partial charge in [-0.15, -0.1) is 0 Å². The van der Waals surface area contributed by atoms with Gasteiger partial charge in [0.15, 0.2) is 0 Å². The number of carbonyl (C=O) groups is 1. The van der Waals surface area contributed by atoms with E-state index in [1.54, 1.807) is 6.92 Å². The van der Waals surface area contributed by atoms with Crippen molar-refractivity contribution < 1.29 is 14.3 Å². The molecule has 100 valence electrons. The maximum Gasteiger partial charge on any atom is 0.341 e. The average molecular weight is 269 g/mol. The number of carboxylic acid groups (broad SMARTS) is 1. The number of para-hydroxylation sites is 1. The summed E-state index contributed by atoms with van der Waals surface area (Å²) in [6, 6.07) is 7.47. The van der Waals surface area contributed by atoms with Crippen LogP contribution in [0, 0.1) is 6.92 Å². The van der Waals surface area contributed by atoms with Gasteiger partial charge in [-0.05, 0) is 19.1 Å². The molecule has 2 heterocycles. The highest BCUT2D eigenvalue weighted by Crippen LogP contribution is 2.28. The SMILES string of the molecule is Cc1ncc(C(=O)O)c(Nc2coc3ccccc23)n1. The highest BCUT2D eigenvalue weighted by molar-refractivity contribution is 5.97. The van der Waals surface area contributed by atoms with Crippen molar-refractivity contribution in [3.05, 3.63) is 48.1 Å². The van der Waals surface area contributed by atoms with Crippen LogP contribution in [0.4, 0.5) is 11.5 Å². The van der Waals surface area contributed by atoms with E-state index >= 15 is 0 Å². The molecule has 0 atom stereocenters. The van der Waals surface area contributed by atoms with Crippen LogP contribution in [0.1, 0.15) is 16.2 Å². The number of furan rings is 1. The highest BCUT2D eigenvalue weighted by atomic mass is 16.4. The van der Waals surface area contributed by atoms with Gasteiger partial charge in [0.05, 0.1) is 5.69 Å². The highest BCUT2D eigenvalue weighted by Gasteiger charge is 2.14. The minimum absolute atomic E-state index is 0.0147. The molecule has 0 spiro atoms. The largest absolute Gasteiger partial charge is 0.477 e. The maximum absolute atomic E-state index is 11.2. The summed E-state index contributed by atoms with van der Waals surface area (Å²) in [5, 5.41) is 13.0. The Hall–Kier alpha value is -2.89. The summed E-state index contributed by atoms with van der Waals surface area (Å²) in [6.45, 7) is 1.70. The monoisotopic (exact) mass is 269 g/mol. The van der Waals surface area contributed by atoms with E-state index in [9.17, 15) is 4.79 Å². The van der Waals surface area contributed by atoms with Gasteiger partial charge in [-0.1, -0.05) is 12.1 Å². The first-order valence-corrected chi connectivity index (χ1v) is 5.95. The lowest BCUT2D eigenvalue weighted by Crippen LogP contribution is -2.07. The summed E-state index contributed by atoms with van der Waals surface area (Å²) in [4.78, 5) is 19.2. The van der Waals surface area contributed by atoms with E-state index < -0.39 is 5.97 Å². The Bertz CT molecular complexity index is 795. The van der Waals surface area contributed by atoms with E-state index in [0.29, 0.717) is 11.5 Å². The van der Waals surface area contributed by atoms with E-state index in [-0.39, 0.29) is 11.4 Å². The summed E-state index contributed by atoms with van der Waals surface area (Å²) in [6.07, 6.45) is 2.82. The number of carboxylic acids is 1. The molecule has 0 amide bonds. The average Bonchev–Trinajstić information content (AvgIpc) is 2.82. The van der Waals surface area contributed by atoms with E-state index in [0.717, 1.165) is 11.0 Å². The molecule has 20 heavy (non-hydrogen) atoms. The number of rotatable bonds is 3. The van der Waals surface area contributed by atoms with Gasteiger partial charge in [-0.3, -0.25) is 0 Å². The third-order valence-electron chi connectivity index (χ3n) is 2.87. The van der Waals surface area contributed by atoms with E-state index in [1.807, 2.05) is 24.3 Å². The first kappa shape index (κ1) is 12.2. The molecule has 0 radical (unpaired) electrons. The molecule has 6 heteroatoms. The van der Waals surface area contributed by atoms with Gasteiger partial charge in [-0.25, -0.2) is 14.8 Å². The molecule has 0 saturated heterocycles. The second kappa shape index (κ2) is 4.65. The van der Waals surface area contributed by atoms with Gasteiger partial charge < -0.3 is 14.8 Å². The first-order valence-electron chi connectivity index (χ1n) is 5.95. The number of hydrogen-bond donors (Lipinski definition) is 2. The van der Waals surface area contributed by atoms with Crippen LogP contribution in [0.5, 0.6) is 0 Å². The predicted octanol–water partition coefficient (Wildman–Crippen LogP) is 2.97. The van der Waals surface area contributed by atoms with Gasteiger partial charge in [0.1, 0.15) is 29.1 Å². The third kappa shape index (κ3) is 2.07. The van der Waals surface area contributed by atoms with Crippen LogP contribution in [-0.2, 0) is 0 Å². The van der Waals surface area contributed by atoms with Gasteiger partial charge >= 0.3 is 5.97 Å². The fraction of sp³-hybridized carbons (Fsp3) is 0.0714. The molecule has 0 aliphatic rings. The predicted molar refractivity (Wildman–Crippen MR) is 73.2 cm³/mol. The number of anilines is 2. The minimum atomic E-state index is -1.08.